The van der Waals surface area contributed by atoms with Crippen molar-refractivity contribution in [1.82, 2.24) is 14.0 Å². The van der Waals surface area contributed by atoms with Crippen LogP contribution in [0.2, 0.25) is 10.0 Å². The smallest absolute Gasteiger partial charge is 0.340 e. The predicted molar refractivity (Wildman–Crippen MR) is 111 cm³/mol. The molecule has 4 rings (SSSR count). The van der Waals surface area contributed by atoms with Crippen LogP contribution in [0.3, 0.4) is 0 Å². The van der Waals surface area contributed by atoms with Gasteiger partial charge < -0.3 is 13.7 Å². The van der Waals surface area contributed by atoms with Crippen LogP contribution in [0.15, 0.2) is 71.9 Å². The van der Waals surface area contributed by atoms with Crippen molar-refractivity contribution in [2.45, 2.75) is 13.2 Å². The Morgan fingerprint density at radius 2 is 1.83 bits per heavy atom. The van der Waals surface area contributed by atoms with E-state index >= 15 is 0 Å². The highest BCUT2D eigenvalue weighted by Crippen LogP contribution is 2.16. The van der Waals surface area contributed by atoms with Crippen molar-refractivity contribution >= 4 is 34.8 Å². The number of pyridine rings is 2. The van der Waals surface area contributed by atoms with E-state index in [-0.39, 0.29) is 24.3 Å². The number of ether oxygens (including phenoxy) is 1. The molecule has 0 saturated heterocycles. The van der Waals surface area contributed by atoms with Crippen LogP contribution in [0.5, 0.6) is 0 Å². The van der Waals surface area contributed by atoms with Gasteiger partial charge in [-0.3, -0.25) is 4.79 Å². The second-order valence-electron chi connectivity index (χ2n) is 6.40. The molecule has 3 aromatic heterocycles. The first-order chi connectivity index (χ1) is 14.0. The number of aromatic nitrogens is 3. The molecule has 3 heterocycles. The van der Waals surface area contributed by atoms with Crippen molar-refractivity contribution in [2.75, 3.05) is 0 Å². The quantitative estimate of drug-likeness (QED) is 0.447. The van der Waals surface area contributed by atoms with Gasteiger partial charge in [-0.25, -0.2) is 9.78 Å². The molecule has 0 aliphatic carbocycles. The van der Waals surface area contributed by atoms with E-state index < -0.39 is 5.97 Å². The highest BCUT2D eigenvalue weighted by molar-refractivity contribution is 6.31. The Balaban J connectivity index is 1.49. The number of carbonyl (C=O) groups is 1. The summed E-state index contributed by atoms with van der Waals surface area (Å²) in [7, 11) is 0. The summed E-state index contributed by atoms with van der Waals surface area (Å²) >= 11 is 12.1. The summed E-state index contributed by atoms with van der Waals surface area (Å²) in [5.74, 6) is -0.548. The zero-order valence-electron chi connectivity index (χ0n) is 15.1. The number of rotatable bonds is 5. The van der Waals surface area contributed by atoms with Gasteiger partial charge in [-0.2, -0.15) is 0 Å². The maximum atomic E-state index is 12.5. The average Bonchev–Trinajstić information content (AvgIpc) is 3.11. The van der Waals surface area contributed by atoms with Gasteiger partial charge in [0.15, 0.2) is 0 Å². The highest BCUT2D eigenvalue weighted by atomic mass is 35.5. The SMILES string of the molecule is O=C(OCc1cn2cc(Cl)ccc2n1)c1ccc(=O)n(Cc2ccccc2Cl)c1. The largest absolute Gasteiger partial charge is 0.455 e. The van der Waals surface area contributed by atoms with Crippen LogP contribution in [0.1, 0.15) is 21.6 Å². The maximum absolute atomic E-state index is 12.5. The summed E-state index contributed by atoms with van der Waals surface area (Å²) in [6.07, 6.45) is 4.93. The van der Waals surface area contributed by atoms with Crippen molar-refractivity contribution < 1.29 is 9.53 Å². The molecular weight excluding hydrogens is 413 g/mol. The summed E-state index contributed by atoms with van der Waals surface area (Å²) in [5, 5.41) is 1.14. The molecule has 0 spiro atoms. The summed E-state index contributed by atoms with van der Waals surface area (Å²) in [5.41, 5.74) is 2.10. The number of fused-ring (bicyclic) bond motifs is 1. The van der Waals surface area contributed by atoms with Gasteiger partial charge in [-0.15, -0.1) is 0 Å². The average molecular weight is 428 g/mol. The molecule has 0 fully saturated rings. The first kappa shape index (κ1) is 19.2. The molecule has 8 heteroatoms. The topological polar surface area (TPSA) is 65.6 Å². The second kappa shape index (κ2) is 8.11. The lowest BCUT2D eigenvalue weighted by Crippen LogP contribution is -2.21. The zero-order chi connectivity index (χ0) is 20.4. The Labute approximate surface area is 175 Å². The normalized spacial score (nSPS) is 11.0. The second-order valence-corrected chi connectivity index (χ2v) is 7.24. The molecule has 0 saturated carbocycles. The lowest BCUT2D eigenvalue weighted by molar-refractivity contribution is 0.0467. The van der Waals surface area contributed by atoms with Gasteiger partial charge in [-0.05, 0) is 29.8 Å². The highest BCUT2D eigenvalue weighted by Gasteiger charge is 2.12. The van der Waals surface area contributed by atoms with E-state index in [1.54, 1.807) is 35.0 Å². The molecular formula is C21H15Cl2N3O3. The van der Waals surface area contributed by atoms with Crippen molar-refractivity contribution in [3.05, 3.63) is 104 Å². The molecule has 0 atom stereocenters. The Bertz CT molecular complexity index is 1260. The van der Waals surface area contributed by atoms with Crippen molar-refractivity contribution in [3.8, 4) is 0 Å². The van der Waals surface area contributed by atoms with Crippen molar-refractivity contribution in [2.24, 2.45) is 0 Å². The third-order valence-corrected chi connectivity index (χ3v) is 4.93. The zero-order valence-corrected chi connectivity index (χ0v) is 16.6. The summed E-state index contributed by atoms with van der Waals surface area (Å²) in [4.78, 5) is 29.0. The lowest BCUT2D eigenvalue weighted by Gasteiger charge is -2.09. The van der Waals surface area contributed by atoms with Crippen LogP contribution in [-0.2, 0) is 17.9 Å². The third-order valence-electron chi connectivity index (χ3n) is 4.33. The van der Waals surface area contributed by atoms with Crippen LogP contribution in [0.25, 0.3) is 5.65 Å². The molecule has 4 aromatic rings. The van der Waals surface area contributed by atoms with E-state index in [2.05, 4.69) is 4.98 Å². The van der Waals surface area contributed by atoms with Gasteiger partial charge >= 0.3 is 5.97 Å². The molecule has 0 unspecified atom stereocenters. The number of nitrogens with zero attached hydrogens (tertiary/aromatic N) is 3. The standard InChI is InChI=1S/C21H15Cl2N3O3/c22-16-6-7-19-24-17(12-25(19)11-16)13-29-21(28)15-5-8-20(27)26(10-15)9-14-3-1-2-4-18(14)23/h1-8,10-12H,9,13H2. The van der Waals surface area contributed by atoms with Crippen molar-refractivity contribution in [3.63, 3.8) is 0 Å². The minimum Gasteiger partial charge on any atom is -0.455 e. The molecule has 0 N–H and O–H groups in total. The van der Waals surface area contributed by atoms with Gasteiger partial charge in [-0.1, -0.05) is 41.4 Å². The Kier molecular flexibility index (Phi) is 5.38. The molecule has 29 heavy (non-hydrogen) atoms. The Morgan fingerprint density at radius 3 is 2.66 bits per heavy atom. The predicted octanol–water partition coefficient (Wildman–Crippen LogP) is 4.21. The van der Waals surface area contributed by atoms with E-state index in [1.807, 2.05) is 18.2 Å². The minimum atomic E-state index is -0.548. The number of hydrogen-bond donors (Lipinski definition) is 0. The molecule has 146 valence electrons. The minimum absolute atomic E-state index is 0.00176. The Morgan fingerprint density at radius 1 is 1.00 bits per heavy atom. The molecule has 0 aliphatic rings. The molecule has 1 aromatic carbocycles. The fraction of sp³-hybridized carbons (Fsp3) is 0.0952. The summed E-state index contributed by atoms with van der Waals surface area (Å²) < 4.78 is 8.53. The van der Waals surface area contributed by atoms with Crippen LogP contribution in [0, 0.1) is 0 Å². The van der Waals surface area contributed by atoms with Gasteiger partial charge in [0.05, 0.1) is 22.8 Å². The number of imidazole rings is 1. The molecule has 0 bridgehead atoms. The third kappa shape index (κ3) is 4.34. The van der Waals surface area contributed by atoms with E-state index in [4.69, 9.17) is 27.9 Å². The van der Waals surface area contributed by atoms with Crippen LogP contribution < -0.4 is 5.56 Å². The number of benzene rings is 1. The number of esters is 1. The van der Waals surface area contributed by atoms with E-state index in [9.17, 15) is 9.59 Å². The first-order valence-corrected chi connectivity index (χ1v) is 9.49. The lowest BCUT2D eigenvalue weighted by atomic mass is 10.2. The van der Waals surface area contributed by atoms with Gasteiger partial charge in [0.1, 0.15) is 12.3 Å². The number of halogens is 2. The molecule has 0 aliphatic heterocycles. The number of carbonyl (C=O) groups excluding carboxylic acids is 1. The Hall–Kier alpha value is -3.09. The van der Waals surface area contributed by atoms with Crippen LogP contribution in [0.4, 0.5) is 0 Å². The number of hydrogen-bond acceptors (Lipinski definition) is 4. The molecule has 0 amide bonds. The summed E-state index contributed by atoms with van der Waals surface area (Å²) in [6, 6.07) is 13.5. The van der Waals surface area contributed by atoms with Gasteiger partial charge in [0.2, 0.25) is 0 Å². The van der Waals surface area contributed by atoms with Gasteiger partial charge in [0.25, 0.3) is 5.56 Å². The summed E-state index contributed by atoms with van der Waals surface area (Å²) in [6.45, 7) is 0.259. The first-order valence-electron chi connectivity index (χ1n) is 8.74. The van der Waals surface area contributed by atoms with Crippen molar-refractivity contribution in [1.29, 1.82) is 0 Å². The van der Waals surface area contributed by atoms with Crippen LogP contribution in [-0.4, -0.2) is 19.9 Å². The van der Waals surface area contributed by atoms with Gasteiger partial charge in [0, 0.05) is 29.7 Å². The fourth-order valence-corrected chi connectivity index (χ4v) is 3.26. The van der Waals surface area contributed by atoms with E-state index in [1.165, 1.54) is 22.9 Å². The molecule has 0 radical (unpaired) electrons. The van der Waals surface area contributed by atoms with E-state index in [0.29, 0.717) is 21.4 Å². The monoisotopic (exact) mass is 427 g/mol. The van der Waals surface area contributed by atoms with Crippen LogP contribution >= 0.6 is 23.2 Å². The fourth-order valence-electron chi connectivity index (χ4n) is 2.90. The molecule has 6 nitrogen and oxygen atoms in total. The maximum Gasteiger partial charge on any atom is 0.340 e. The van der Waals surface area contributed by atoms with E-state index in [0.717, 1.165) is 5.56 Å².